The molecule has 12 nitrogen and oxygen atoms in total. The number of likely N-dealkylation sites (tertiary alicyclic amines) is 2. The smallest absolute Gasteiger partial charge is 0.329 e. The lowest BCUT2D eigenvalue weighted by Crippen LogP contribution is -2.48. The van der Waals surface area contributed by atoms with E-state index in [2.05, 4.69) is 10.6 Å². The van der Waals surface area contributed by atoms with Gasteiger partial charge in [0, 0.05) is 25.9 Å². The number of nitrogens with zero attached hydrogens (tertiary/aromatic N) is 2. The van der Waals surface area contributed by atoms with E-state index in [1.54, 1.807) is 13.8 Å². The Kier molecular flexibility index (Phi) is 15.0. The average molecular weight is 567 g/mol. The first-order chi connectivity index (χ1) is 19.3. The molecule has 2 N–H and O–H groups in total. The van der Waals surface area contributed by atoms with E-state index in [0.717, 1.165) is 74.0 Å². The Morgan fingerprint density at radius 1 is 0.625 bits per heavy atom. The number of ether oxygens (including phenoxy) is 2. The average Bonchev–Trinajstić information content (AvgIpc) is 3.51. The number of imide groups is 2. The number of carbonyl (C=O) groups is 6. The molecule has 0 aromatic rings. The summed E-state index contributed by atoms with van der Waals surface area (Å²) in [6.45, 7) is 4.73. The zero-order valence-corrected chi connectivity index (χ0v) is 24.0. The minimum Gasteiger partial charge on any atom is -0.464 e. The maximum atomic E-state index is 12.4. The molecule has 12 heteroatoms. The van der Waals surface area contributed by atoms with E-state index < -0.39 is 36.1 Å². The SMILES string of the molecule is CCOC(=O)C1CCC(=O)N1C(=O)NCCCCCCCCCCCCNC(=O)N1C(=O)CCC1C(=O)OCC. The molecule has 0 aromatic carbocycles. The number of carbonyl (C=O) groups excluding carboxylic acids is 6. The van der Waals surface area contributed by atoms with Gasteiger partial charge in [-0.3, -0.25) is 9.59 Å². The first-order valence-electron chi connectivity index (χ1n) is 14.8. The van der Waals surface area contributed by atoms with Gasteiger partial charge in [0.1, 0.15) is 12.1 Å². The van der Waals surface area contributed by atoms with E-state index >= 15 is 0 Å². The predicted molar refractivity (Wildman–Crippen MR) is 146 cm³/mol. The van der Waals surface area contributed by atoms with Gasteiger partial charge in [0.25, 0.3) is 0 Å². The van der Waals surface area contributed by atoms with Crippen LogP contribution < -0.4 is 10.6 Å². The van der Waals surface area contributed by atoms with Crippen LogP contribution in [0.2, 0.25) is 0 Å². The van der Waals surface area contributed by atoms with Crippen LogP contribution in [0.1, 0.15) is 104 Å². The van der Waals surface area contributed by atoms with Gasteiger partial charge in [-0.25, -0.2) is 29.0 Å². The summed E-state index contributed by atoms with van der Waals surface area (Å²) in [5.74, 6) is -1.75. The van der Waals surface area contributed by atoms with Crippen LogP contribution in [0.25, 0.3) is 0 Å². The summed E-state index contributed by atoms with van der Waals surface area (Å²) in [6.07, 6.45) is 11.2. The molecule has 2 aliphatic rings. The fourth-order valence-corrected chi connectivity index (χ4v) is 5.03. The largest absolute Gasteiger partial charge is 0.464 e. The maximum absolute atomic E-state index is 12.4. The van der Waals surface area contributed by atoms with Crippen LogP contribution in [-0.2, 0) is 28.7 Å². The molecule has 0 aromatic heterocycles. The topological polar surface area (TPSA) is 151 Å². The number of esters is 2. The van der Waals surface area contributed by atoms with Crippen molar-refractivity contribution in [3.8, 4) is 0 Å². The monoisotopic (exact) mass is 566 g/mol. The molecule has 6 amide bonds. The van der Waals surface area contributed by atoms with Crippen molar-refractivity contribution in [1.82, 2.24) is 20.4 Å². The molecule has 2 fully saturated rings. The molecule has 2 rings (SSSR count). The highest BCUT2D eigenvalue weighted by Gasteiger charge is 2.42. The van der Waals surface area contributed by atoms with Crippen LogP contribution in [0.3, 0.4) is 0 Å². The summed E-state index contributed by atoms with van der Waals surface area (Å²) >= 11 is 0. The molecule has 0 bridgehead atoms. The van der Waals surface area contributed by atoms with Crippen LogP contribution in [0.4, 0.5) is 9.59 Å². The van der Waals surface area contributed by atoms with E-state index in [0.29, 0.717) is 25.9 Å². The minimum atomic E-state index is -0.822. The number of hydrogen-bond donors (Lipinski definition) is 2. The van der Waals surface area contributed by atoms with Crippen molar-refractivity contribution in [3.05, 3.63) is 0 Å². The van der Waals surface area contributed by atoms with Gasteiger partial charge in [-0.1, -0.05) is 51.4 Å². The highest BCUT2D eigenvalue weighted by atomic mass is 16.5. The first-order valence-corrected chi connectivity index (χ1v) is 14.8. The number of hydrogen-bond acceptors (Lipinski definition) is 8. The van der Waals surface area contributed by atoms with Gasteiger partial charge < -0.3 is 20.1 Å². The quantitative estimate of drug-likeness (QED) is 0.201. The highest BCUT2D eigenvalue weighted by Crippen LogP contribution is 2.21. The zero-order valence-electron chi connectivity index (χ0n) is 24.0. The summed E-state index contributed by atoms with van der Waals surface area (Å²) in [5, 5.41) is 5.49. The van der Waals surface area contributed by atoms with Crippen molar-refractivity contribution in [2.75, 3.05) is 26.3 Å². The van der Waals surface area contributed by atoms with E-state index in [1.807, 2.05) is 0 Å². The lowest BCUT2D eigenvalue weighted by Gasteiger charge is -2.21. The fraction of sp³-hybridized carbons (Fsp3) is 0.786. The molecule has 40 heavy (non-hydrogen) atoms. The second-order valence-electron chi connectivity index (χ2n) is 10.1. The Morgan fingerprint density at radius 2 is 0.950 bits per heavy atom. The lowest BCUT2D eigenvalue weighted by atomic mass is 10.1. The summed E-state index contributed by atoms with van der Waals surface area (Å²) in [4.78, 5) is 74.8. The Morgan fingerprint density at radius 3 is 1.27 bits per heavy atom. The number of nitrogens with one attached hydrogen (secondary N) is 2. The Labute approximate surface area is 236 Å². The van der Waals surface area contributed by atoms with Crippen LogP contribution in [-0.4, -0.2) is 84.0 Å². The molecule has 226 valence electrons. The van der Waals surface area contributed by atoms with E-state index in [9.17, 15) is 28.8 Å². The Hall–Kier alpha value is -3.18. The van der Waals surface area contributed by atoms with Crippen molar-refractivity contribution < 1.29 is 38.2 Å². The van der Waals surface area contributed by atoms with Crippen molar-refractivity contribution in [3.63, 3.8) is 0 Å². The second kappa shape index (κ2) is 18.2. The van der Waals surface area contributed by atoms with Crippen molar-refractivity contribution in [1.29, 1.82) is 0 Å². The Bertz CT molecular complexity index is 810. The molecule has 0 radical (unpaired) electrons. The van der Waals surface area contributed by atoms with Crippen molar-refractivity contribution in [2.45, 2.75) is 116 Å². The van der Waals surface area contributed by atoms with Gasteiger partial charge in [-0.2, -0.15) is 0 Å². The maximum Gasteiger partial charge on any atom is 0.329 e. The molecular weight excluding hydrogens is 520 g/mol. The predicted octanol–water partition coefficient (Wildman–Crippen LogP) is 3.41. The van der Waals surface area contributed by atoms with Gasteiger partial charge >= 0.3 is 24.0 Å². The third-order valence-corrected chi connectivity index (χ3v) is 7.13. The summed E-state index contributed by atoms with van der Waals surface area (Å²) in [7, 11) is 0. The number of urea groups is 2. The normalized spacial score (nSPS) is 18.6. The van der Waals surface area contributed by atoms with Crippen LogP contribution in [0.15, 0.2) is 0 Å². The molecule has 2 unspecified atom stereocenters. The van der Waals surface area contributed by atoms with Crippen LogP contribution in [0, 0.1) is 0 Å². The molecular formula is C28H46N4O8. The highest BCUT2D eigenvalue weighted by molar-refractivity contribution is 6.02. The summed E-state index contributed by atoms with van der Waals surface area (Å²) in [5.41, 5.74) is 0. The fourth-order valence-electron chi connectivity index (χ4n) is 5.03. The molecule has 2 heterocycles. The summed E-state index contributed by atoms with van der Waals surface area (Å²) in [6, 6.07) is -2.69. The molecule has 0 saturated carbocycles. The van der Waals surface area contributed by atoms with Gasteiger partial charge in [0.05, 0.1) is 13.2 Å². The van der Waals surface area contributed by atoms with Gasteiger partial charge in [0.2, 0.25) is 11.8 Å². The standard InChI is InChI=1S/C28H46N4O8/c1-3-39-25(35)21-15-17-23(33)31(21)27(37)29-19-13-11-9-7-5-6-8-10-12-14-20-30-28(38)32-22(16-18-24(32)34)26(36)40-4-2/h21-22H,3-20H2,1-2H3,(H,29,37)(H,30,38). The lowest BCUT2D eigenvalue weighted by molar-refractivity contribution is -0.150. The molecule has 2 aliphatic heterocycles. The summed E-state index contributed by atoms with van der Waals surface area (Å²) < 4.78 is 9.94. The minimum absolute atomic E-state index is 0.174. The molecule has 2 atom stereocenters. The third kappa shape index (κ3) is 10.4. The third-order valence-electron chi connectivity index (χ3n) is 7.13. The van der Waals surface area contributed by atoms with Gasteiger partial charge in [-0.05, 0) is 39.5 Å². The van der Waals surface area contributed by atoms with Gasteiger partial charge in [-0.15, -0.1) is 0 Å². The van der Waals surface area contributed by atoms with Crippen LogP contribution >= 0.6 is 0 Å². The van der Waals surface area contributed by atoms with Crippen molar-refractivity contribution in [2.24, 2.45) is 0 Å². The van der Waals surface area contributed by atoms with Crippen LogP contribution in [0.5, 0.6) is 0 Å². The molecule has 0 aliphatic carbocycles. The van der Waals surface area contributed by atoms with E-state index in [4.69, 9.17) is 9.47 Å². The van der Waals surface area contributed by atoms with E-state index in [1.165, 1.54) is 0 Å². The number of amides is 6. The molecule has 0 spiro atoms. The van der Waals surface area contributed by atoms with Crippen molar-refractivity contribution >= 4 is 35.8 Å². The number of rotatable bonds is 17. The Balaban J connectivity index is 1.44. The van der Waals surface area contributed by atoms with Gasteiger partial charge in [0.15, 0.2) is 0 Å². The number of unbranched alkanes of at least 4 members (excludes halogenated alkanes) is 9. The molecule has 2 saturated heterocycles. The zero-order chi connectivity index (χ0) is 29.3. The first kappa shape index (κ1) is 33.0. The second-order valence-corrected chi connectivity index (χ2v) is 10.1. The van der Waals surface area contributed by atoms with E-state index in [-0.39, 0.29) is 37.9 Å².